The predicted octanol–water partition coefficient (Wildman–Crippen LogP) is 4.08. The van der Waals surface area contributed by atoms with Crippen molar-refractivity contribution in [3.63, 3.8) is 0 Å². The number of aryl methyl sites for hydroxylation is 2. The molecule has 2 aromatic carbocycles. The lowest BCUT2D eigenvalue weighted by Crippen LogP contribution is -2.20. The summed E-state index contributed by atoms with van der Waals surface area (Å²) in [6, 6.07) is 12.2. The first-order valence-corrected chi connectivity index (χ1v) is 10.4. The van der Waals surface area contributed by atoms with Crippen LogP contribution in [-0.2, 0) is 20.9 Å². The van der Waals surface area contributed by atoms with Crippen LogP contribution in [0.5, 0.6) is 17.2 Å². The SMILES string of the molecule is COc1ccccc1NC(=O)COC(=O)/C=C/c1ccc(OCc2c(C)noc2C)c(OC)c1. The number of rotatable bonds is 10. The zero-order valence-corrected chi connectivity index (χ0v) is 19.4. The third-order valence-corrected chi connectivity index (χ3v) is 4.88. The highest BCUT2D eigenvalue weighted by Crippen LogP contribution is 2.30. The van der Waals surface area contributed by atoms with E-state index in [4.69, 9.17) is 23.5 Å². The van der Waals surface area contributed by atoms with Crippen LogP contribution < -0.4 is 19.5 Å². The van der Waals surface area contributed by atoms with E-state index >= 15 is 0 Å². The van der Waals surface area contributed by atoms with Crippen LogP contribution in [0, 0.1) is 13.8 Å². The summed E-state index contributed by atoms with van der Waals surface area (Å²) in [6.07, 6.45) is 2.79. The van der Waals surface area contributed by atoms with Crippen LogP contribution in [-0.4, -0.2) is 37.9 Å². The highest BCUT2D eigenvalue weighted by molar-refractivity contribution is 5.95. The van der Waals surface area contributed by atoms with Gasteiger partial charge in [0.15, 0.2) is 18.1 Å². The largest absolute Gasteiger partial charge is 0.495 e. The van der Waals surface area contributed by atoms with Crippen molar-refractivity contribution in [1.82, 2.24) is 5.16 Å². The number of ether oxygens (including phenoxy) is 4. The van der Waals surface area contributed by atoms with Gasteiger partial charge in [-0.15, -0.1) is 0 Å². The van der Waals surface area contributed by atoms with Gasteiger partial charge in [-0.1, -0.05) is 23.4 Å². The Morgan fingerprint density at radius 2 is 1.79 bits per heavy atom. The van der Waals surface area contributed by atoms with Gasteiger partial charge in [0.25, 0.3) is 5.91 Å². The second-order valence-electron chi connectivity index (χ2n) is 7.19. The normalized spacial score (nSPS) is 10.7. The fourth-order valence-electron chi connectivity index (χ4n) is 3.05. The van der Waals surface area contributed by atoms with Crippen LogP contribution in [0.25, 0.3) is 6.08 Å². The Morgan fingerprint density at radius 3 is 2.50 bits per heavy atom. The second kappa shape index (κ2) is 11.6. The molecule has 3 rings (SSSR count). The summed E-state index contributed by atoms with van der Waals surface area (Å²) in [5.74, 6) is 1.11. The molecule has 9 heteroatoms. The Labute approximate surface area is 197 Å². The molecule has 0 aliphatic heterocycles. The summed E-state index contributed by atoms with van der Waals surface area (Å²) in [5.41, 5.74) is 2.83. The molecule has 0 unspecified atom stereocenters. The summed E-state index contributed by atoms with van der Waals surface area (Å²) >= 11 is 0. The average molecular weight is 466 g/mol. The lowest BCUT2D eigenvalue weighted by Gasteiger charge is -2.11. The number of aromatic nitrogens is 1. The number of methoxy groups -OCH3 is 2. The number of nitrogens with one attached hydrogen (secondary N) is 1. The molecule has 0 radical (unpaired) electrons. The topological polar surface area (TPSA) is 109 Å². The summed E-state index contributed by atoms with van der Waals surface area (Å²) in [4.78, 5) is 24.1. The number of carbonyl (C=O) groups excluding carboxylic acids is 2. The predicted molar refractivity (Wildman–Crippen MR) is 125 cm³/mol. The summed E-state index contributed by atoms with van der Waals surface area (Å²) in [7, 11) is 3.03. The molecule has 9 nitrogen and oxygen atoms in total. The van der Waals surface area contributed by atoms with E-state index in [1.807, 2.05) is 13.8 Å². The van der Waals surface area contributed by atoms with Crippen LogP contribution in [0.2, 0.25) is 0 Å². The van der Waals surface area contributed by atoms with Crippen LogP contribution >= 0.6 is 0 Å². The molecule has 0 bridgehead atoms. The molecule has 0 aliphatic carbocycles. The molecule has 0 fully saturated rings. The van der Waals surface area contributed by atoms with E-state index in [9.17, 15) is 9.59 Å². The van der Waals surface area contributed by atoms with E-state index < -0.39 is 18.5 Å². The van der Waals surface area contributed by atoms with E-state index in [2.05, 4.69) is 10.5 Å². The molecule has 0 saturated carbocycles. The first-order valence-electron chi connectivity index (χ1n) is 10.4. The molecular formula is C25H26N2O7. The Kier molecular flexibility index (Phi) is 8.28. The number of amides is 1. The van der Waals surface area contributed by atoms with Crippen molar-refractivity contribution >= 4 is 23.6 Å². The second-order valence-corrected chi connectivity index (χ2v) is 7.19. The van der Waals surface area contributed by atoms with Gasteiger partial charge in [-0.2, -0.15) is 0 Å². The van der Waals surface area contributed by atoms with Gasteiger partial charge in [-0.05, 0) is 49.8 Å². The molecule has 0 saturated heterocycles. The zero-order valence-electron chi connectivity index (χ0n) is 19.4. The van der Waals surface area contributed by atoms with Crippen LogP contribution in [0.15, 0.2) is 53.1 Å². The third-order valence-electron chi connectivity index (χ3n) is 4.88. The van der Waals surface area contributed by atoms with Crippen molar-refractivity contribution in [3.8, 4) is 17.2 Å². The minimum absolute atomic E-state index is 0.288. The van der Waals surface area contributed by atoms with Gasteiger partial charge >= 0.3 is 5.97 Å². The van der Waals surface area contributed by atoms with Crippen LogP contribution in [0.1, 0.15) is 22.6 Å². The maximum absolute atomic E-state index is 12.1. The van der Waals surface area contributed by atoms with Crippen molar-refractivity contribution in [2.75, 3.05) is 26.1 Å². The van der Waals surface area contributed by atoms with Gasteiger partial charge in [-0.25, -0.2) is 4.79 Å². The van der Waals surface area contributed by atoms with Crippen LogP contribution in [0.3, 0.4) is 0 Å². The minimum Gasteiger partial charge on any atom is -0.495 e. The van der Waals surface area contributed by atoms with Crippen molar-refractivity contribution in [1.29, 1.82) is 0 Å². The number of nitrogens with zero attached hydrogens (tertiary/aromatic N) is 1. The number of hydrogen-bond acceptors (Lipinski definition) is 8. The third kappa shape index (κ3) is 6.38. The van der Waals surface area contributed by atoms with Gasteiger partial charge < -0.3 is 28.8 Å². The quantitative estimate of drug-likeness (QED) is 0.352. The van der Waals surface area contributed by atoms with E-state index in [0.717, 1.165) is 11.3 Å². The minimum atomic E-state index is -0.659. The molecular weight excluding hydrogens is 440 g/mol. The monoisotopic (exact) mass is 466 g/mol. The van der Waals surface area contributed by atoms with E-state index in [1.54, 1.807) is 48.5 Å². The number of hydrogen-bond donors (Lipinski definition) is 1. The maximum Gasteiger partial charge on any atom is 0.331 e. The summed E-state index contributed by atoms with van der Waals surface area (Å²) in [6.45, 7) is 3.53. The summed E-state index contributed by atoms with van der Waals surface area (Å²) < 4.78 is 26.6. The Morgan fingerprint density at radius 1 is 1.03 bits per heavy atom. The zero-order chi connectivity index (χ0) is 24.5. The highest BCUT2D eigenvalue weighted by Gasteiger charge is 2.12. The lowest BCUT2D eigenvalue weighted by atomic mass is 10.2. The standard InChI is InChI=1S/C25H26N2O7/c1-16-19(17(2)34-27-16)14-32-22-11-9-18(13-23(22)31-4)10-12-25(29)33-15-24(28)26-20-7-5-6-8-21(20)30-3/h5-13H,14-15H2,1-4H3,(H,26,28)/b12-10+. The van der Waals surface area contributed by atoms with Gasteiger partial charge in [0.05, 0.1) is 31.2 Å². The van der Waals surface area contributed by atoms with Gasteiger partial charge in [0, 0.05) is 6.08 Å². The molecule has 34 heavy (non-hydrogen) atoms. The number of carbonyl (C=O) groups is 2. The molecule has 0 atom stereocenters. The molecule has 1 N–H and O–H groups in total. The first-order chi connectivity index (χ1) is 16.4. The molecule has 1 amide bonds. The van der Waals surface area contributed by atoms with Crippen LogP contribution in [0.4, 0.5) is 5.69 Å². The number of anilines is 1. The molecule has 1 aromatic heterocycles. The van der Waals surface area contributed by atoms with Crippen molar-refractivity contribution < 1.29 is 33.1 Å². The fraction of sp³-hybridized carbons (Fsp3) is 0.240. The smallest absolute Gasteiger partial charge is 0.331 e. The van der Waals surface area contributed by atoms with Crippen molar-refractivity contribution in [2.45, 2.75) is 20.5 Å². The molecule has 3 aromatic rings. The molecule has 0 spiro atoms. The number of benzene rings is 2. The summed E-state index contributed by atoms with van der Waals surface area (Å²) in [5, 5.41) is 6.55. The van der Waals surface area contributed by atoms with Gasteiger partial charge in [-0.3, -0.25) is 4.79 Å². The first kappa shape index (κ1) is 24.4. The maximum atomic E-state index is 12.1. The Bertz CT molecular complexity index is 1160. The lowest BCUT2D eigenvalue weighted by molar-refractivity contribution is -0.142. The van der Waals surface area contributed by atoms with Gasteiger partial charge in [0.2, 0.25) is 0 Å². The highest BCUT2D eigenvalue weighted by atomic mass is 16.5. The Balaban J connectivity index is 1.54. The average Bonchev–Trinajstić information content (AvgIpc) is 3.17. The molecule has 0 aliphatic rings. The van der Waals surface area contributed by atoms with Gasteiger partial charge in [0.1, 0.15) is 18.1 Å². The molecule has 178 valence electrons. The number of para-hydroxylation sites is 2. The van der Waals surface area contributed by atoms with E-state index in [1.165, 1.54) is 20.3 Å². The number of esters is 1. The Hall–Kier alpha value is -4.27. The van der Waals surface area contributed by atoms with E-state index in [0.29, 0.717) is 34.3 Å². The molecule has 1 heterocycles. The fourth-order valence-corrected chi connectivity index (χ4v) is 3.05. The van der Waals surface area contributed by atoms with E-state index in [-0.39, 0.29) is 6.61 Å². The van der Waals surface area contributed by atoms with Crippen molar-refractivity contribution in [3.05, 3.63) is 71.1 Å². The van der Waals surface area contributed by atoms with Crippen molar-refractivity contribution in [2.24, 2.45) is 0 Å².